The van der Waals surface area contributed by atoms with E-state index in [9.17, 15) is 18.0 Å². The lowest BCUT2D eigenvalue weighted by molar-refractivity contribution is -0.189. The summed E-state index contributed by atoms with van der Waals surface area (Å²) in [5, 5.41) is 2.56. The summed E-state index contributed by atoms with van der Waals surface area (Å²) in [6.07, 6.45) is -6.44. The van der Waals surface area contributed by atoms with Gasteiger partial charge in [0.15, 0.2) is 6.10 Å². The molecule has 0 spiro atoms. The van der Waals surface area contributed by atoms with Crippen LogP contribution in [-0.2, 0) is 0 Å². The minimum absolute atomic E-state index is 0.0140. The second kappa shape index (κ2) is 5.81. The van der Waals surface area contributed by atoms with Crippen molar-refractivity contribution in [1.29, 1.82) is 0 Å². The van der Waals surface area contributed by atoms with Gasteiger partial charge in [0.25, 0.3) is 5.91 Å². The van der Waals surface area contributed by atoms with Crippen molar-refractivity contribution in [2.45, 2.75) is 26.1 Å². The Hall–Kier alpha value is -1.92. The van der Waals surface area contributed by atoms with Crippen LogP contribution < -0.4 is 15.8 Å². The number of nitrogen functional groups attached to an aromatic ring is 1. The van der Waals surface area contributed by atoms with E-state index in [0.717, 1.165) is 6.92 Å². The van der Waals surface area contributed by atoms with Crippen LogP contribution >= 0.6 is 0 Å². The number of halogens is 3. The Morgan fingerprint density at radius 2 is 2.11 bits per heavy atom. The van der Waals surface area contributed by atoms with Gasteiger partial charge in [-0.3, -0.25) is 4.79 Å². The van der Waals surface area contributed by atoms with E-state index in [1.165, 1.54) is 18.2 Å². The third-order valence-electron chi connectivity index (χ3n) is 2.37. The van der Waals surface area contributed by atoms with Crippen molar-refractivity contribution in [3.8, 4) is 5.75 Å². The summed E-state index contributed by atoms with van der Waals surface area (Å²) in [6, 6.07) is 3.89. The maximum Gasteiger partial charge on any atom is 0.425 e. The van der Waals surface area contributed by atoms with Crippen molar-refractivity contribution in [2.24, 2.45) is 0 Å². The topological polar surface area (TPSA) is 64.3 Å². The van der Waals surface area contributed by atoms with Crippen molar-refractivity contribution < 1.29 is 22.7 Å². The van der Waals surface area contributed by atoms with Gasteiger partial charge in [-0.15, -0.1) is 0 Å². The first-order chi connectivity index (χ1) is 8.75. The van der Waals surface area contributed by atoms with Gasteiger partial charge in [-0.05, 0) is 32.0 Å². The number of amides is 1. The van der Waals surface area contributed by atoms with Gasteiger partial charge in [-0.1, -0.05) is 0 Å². The van der Waals surface area contributed by atoms with Crippen LogP contribution in [0.25, 0.3) is 0 Å². The van der Waals surface area contributed by atoms with Crippen molar-refractivity contribution in [3.63, 3.8) is 0 Å². The maximum atomic E-state index is 12.3. The third kappa shape index (κ3) is 4.04. The zero-order chi connectivity index (χ0) is 14.6. The number of carbonyl (C=O) groups is 1. The maximum absolute atomic E-state index is 12.3. The average Bonchev–Trinajstić information content (AvgIpc) is 2.30. The summed E-state index contributed by atoms with van der Waals surface area (Å²) >= 11 is 0. The number of rotatable bonds is 4. The van der Waals surface area contributed by atoms with Crippen LogP contribution in [0.3, 0.4) is 0 Å². The highest BCUT2D eigenvalue weighted by Gasteiger charge is 2.38. The Kier molecular flexibility index (Phi) is 4.63. The summed E-state index contributed by atoms with van der Waals surface area (Å²) in [7, 11) is 0. The second-order valence-electron chi connectivity index (χ2n) is 3.91. The molecule has 0 aromatic heterocycles. The molecule has 0 heterocycles. The first-order valence-corrected chi connectivity index (χ1v) is 5.66. The highest BCUT2D eigenvalue weighted by Crippen LogP contribution is 2.29. The van der Waals surface area contributed by atoms with Crippen LogP contribution in [0, 0.1) is 0 Å². The minimum Gasteiger partial charge on any atom is -0.479 e. The number of alkyl halides is 3. The second-order valence-corrected chi connectivity index (χ2v) is 3.91. The summed E-state index contributed by atoms with van der Waals surface area (Å²) < 4.78 is 41.8. The molecule has 0 radical (unpaired) electrons. The van der Waals surface area contributed by atoms with Crippen LogP contribution in [0.4, 0.5) is 18.9 Å². The van der Waals surface area contributed by atoms with E-state index >= 15 is 0 Å². The fourth-order valence-corrected chi connectivity index (χ4v) is 1.32. The van der Waals surface area contributed by atoms with Crippen molar-refractivity contribution in [2.75, 3.05) is 12.3 Å². The molecule has 1 amide bonds. The van der Waals surface area contributed by atoms with Crippen molar-refractivity contribution >= 4 is 11.6 Å². The Bertz CT molecular complexity index is 461. The number of ether oxygens (including phenoxy) is 1. The van der Waals surface area contributed by atoms with E-state index in [1.54, 1.807) is 6.92 Å². The molecule has 1 rings (SSSR count). The van der Waals surface area contributed by atoms with Gasteiger partial charge in [0.05, 0.1) is 5.69 Å². The Morgan fingerprint density at radius 3 is 2.58 bits per heavy atom. The molecule has 0 bridgehead atoms. The van der Waals surface area contributed by atoms with Gasteiger partial charge in [-0.25, -0.2) is 0 Å². The lowest BCUT2D eigenvalue weighted by Crippen LogP contribution is -2.31. The van der Waals surface area contributed by atoms with Crippen LogP contribution in [0.2, 0.25) is 0 Å². The number of hydrogen-bond donors (Lipinski definition) is 2. The van der Waals surface area contributed by atoms with E-state index in [1.807, 2.05) is 0 Å². The molecular weight excluding hydrogens is 261 g/mol. The quantitative estimate of drug-likeness (QED) is 0.830. The summed E-state index contributed by atoms with van der Waals surface area (Å²) in [6.45, 7) is 3.09. The standard InChI is InChI=1S/C12H15F3N2O2/c1-3-17-11(18)8-4-5-10(9(16)6-8)19-7(2)12(13,14)15/h4-7H,3,16H2,1-2H3,(H,17,18). The largest absolute Gasteiger partial charge is 0.479 e. The number of benzene rings is 1. The zero-order valence-corrected chi connectivity index (χ0v) is 10.5. The monoisotopic (exact) mass is 276 g/mol. The van der Waals surface area contributed by atoms with Gasteiger partial charge >= 0.3 is 6.18 Å². The summed E-state index contributed by atoms with van der Waals surface area (Å²) in [4.78, 5) is 11.5. The molecule has 1 atom stereocenters. The fourth-order valence-electron chi connectivity index (χ4n) is 1.32. The highest BCUT2D eigenvalue weighted by molar-refractivity contribution is 5.95. The Morgan fingerprint density at radius 1 is 1.47 bits per heavy atom. The first-order valence-electron chi connectivity index (χ1n) is 5.66. The zero-order valence-electron chi connectivity index (χ0n) is 10.5. The van der Waals surface area contributed by atoms with E-state index in [0.29, 0.717) is 6.54 Å². The lowest BCUT2D eigenvalue weighted by atomic mass is 10.1. The number of nitrogens with two attached hydrogens (primary N) is 1. The molecule has 0 aliphatic heterocycles. The van der Waals surface area contributed by atoms with Crippen LogP contribution in [0.5, 0.6) is 5.75 Å². The van der Waals surface area contributed by atoms with Gasteiger partial charge < -0.3 is 15.8 Å². The third-order valence-corrected chi connectivity index (χ3v) is 2.37. The van der Waals surface area contributed by atoms with Gasteiger partial charge in [0, 0.05) is 12.1 Å². The Balaban J connectivity index is 2.86. The van der Waals surface area contributed by atoms with Gasteiger partial charge in [-0.2, -0.15) is 13.2 Å². The Labute approximate surface area is 108 Å². The molecule has 4 nitrogen and oxygen atoms in total. The van der Waals surface area contributed by atoms with Crippen molar-refractivity contribution in [1.82, 2.24) is 5.32 Å². The molecule has 0 saturated heterocycles. The molecule has 0 fully saturated rings. The molecule has 0 aliphatic rings. The fraction of sp³-hybridized carbons (Fsp3) is 0.417. The molecule has 0 saturated carbocycles. The molecule has 19 heavy (non-hydrogen) atoms. The van der Waals surface area contributed by atoms with Gasteiger partial charge in [0.2, 0.25) is 0 Å². The van der Waals surface area contributed by atoms with E-state index in [4.69, 9.17) is 10.5 Å². The molecule has 1 unspecified atom stereocenters. The predicted molar refractivity (Wildman–Crippen MR) is 65.0 cm³/mol. The van der Waals surface area contributed by atoms with Crippen molar-refractivity contribution in [3.05, 3.63) is 23.8 Å². The molecule has 0 aliphatic carbocycles. The number of carbonyl (C=O) groups excluding carboxylic acids is 1. The van der Waals surface area contributed by atoms with E-state index in [-0.39, 0.29) is 22.9 Å². The smallest absolute Gasteiger partial charge is 0.425 e. The summed E-state index contributed by atoms with van der Waals surface area (Å²) in [5.41, 5.74) is 5.83. The normalized spacial score (nSPS) is 12.9. The van der Waals surface area contributed by atoms with Crippen LogP contribution in [0.1, 0.15) is 24.2 Å². The molecule has 3 N–H and O–H groups in total. The average molecular weight is 276 g/mol. The lowest BCUT2D eigenvalue weighted by Gasteiger charge is -2.19. The molecule has 1 aromatic rings. The molecular formula is C12H15F3N2O2. The van der Waals surface area contributed by atoms with E-state index < -0.39 is 12.3 Å². The molecule has 106 valence electrons. The number of nitrogens with one attached hydrogen (secondary N) is 1. The van der Waals surface area contributed by atoms with Crippen LogP contribution in [0.15, 0.2) is 18.2 Å². The molecule has 1 aromatic carbocycles. The number of hydrogen-bond acceptors (Lipinski definition) is 3. The highest BCUT2D eigenvalue weighted by atomic mass is 19.4. The summed E-state index contributed by atoms with van der Waals surface area (Å²) in [5.74, 6) is -0.442. The van der Waals surface area contributed by atoms with Gasteiger partial charge in [0.1, 0.15) is 5.75 Å². The van der Waals surface area contributed by atoms with E-state index in [2.05, 4.69) is 5.32 Å². The molecule has 7 heteroatoms. The minimum atomic E-state index is -4.47. The SMILES string of the molecule is CCNC(=O)c1ccc(OC(C)C(F)(F)F)c(N)c1. The first kappa shape index (κ1) is 15.1. The number of anilines is 1. The van der Waals surface area contributed by atoms with Crippen LogP contribution in [-0.4, -0.2) is 24.7 Å². The predicted octanol–water partition coefficient (Wildman–Crippen LogP) is 2.35.